The number of halogens is 1. The van der Waals surface area contributed by atoms with Crippen molar-refractivity contribution < 1.29 is 33.7 Å². The summed E-state index contributed by atoms with van der Waals surface area (Å²) < 4.78 is 24.4. The van der Waals surface area contributed by atoms with Crippen LogP contribution in [0.5, 0.6) is 11.5 Å². The van der Waals surface area contributed by atoms with Gasteiger partial charge in [-0.3, -0.25) is 14.9 Å². The van der Waals surface area contributed by atoms with Gasteiger partial charge in [0.2, 0.25) is 0 Å². The number of hydrogen-bond acceptors (Lipinski definition) is 9. The molecular weight excluding hydrogens is 437 g/mol. The van der Waals surface area contributed by atoms with E-state index >= 15 is 0 Å². The van der Waals surface area contributed by atoms with Crippen LogP contribution < -0.4 is 10.1 Å². The van der Waals surface area contributed by atoms with Crippen LogP contribution in [-0.2, 0) is 20.9 Å². The van der Waals surface area contributed by atoms with Crippen molar-refractivity contribution >= 4 is 11.9 Å². The van der Waals surface area contributed by atoms with Gasteiger partial charge in [0.15, 0.2) is 17.3 Å². The molecule has 0 spiro atoms. The Morgan fingerprint density at radius 1 is 1.15 bits per heavy atom. The van der Waals surface area contributed by atoms with E-state index in [0.29, 0.717) is 11.1 Å². The highest BCUT2D eigenvalue weighted by Gasteiger charge is 2.28. The third kappa shape index (κ3) is 5.80. The molecule has 2 aromatic carbocycles. The average Bonchev–Trinajstić information content (AvgIpc) is 3.24. The van der Waals surface area contributed by atoms with Crippen LogP contribution in [0.15, 0.2) is 42.5 Å². The summed E-state index contributed by atoms with van der Waals surface area (Å²) in [5, 5.41) is 34.4. The van der Waals surface area contributed by atoms with Crippen LogP contribution in [0, 0.1) is 5.82 Å². The van der Waals surface area contributed by atoms with E-state index < -0.39 is 29.8 Å². The third-order valence-electron chi connectivity index (χ3n) is 4.88. The highest BCUT2D eigenvalue weighted by atomic mass is 19.1. The predicted octanol–water partition coefficient (Wildman–Crippen LogP) is 1.59. The fourth-order valence-electron chi connectivity index (χ4n) is 3.27. The van der Waals surface area contributed by atoms with Gasteiger partial charge in [-0.05, 0) is 45.8 Å². The number of hydrogen-bond donors (Lipinski definition) is 3. The van der Waals surface area contributed by atoms with Crippen molar-refractivity contribution in [1.82, 2.24) is 25.5 Å². The Morgan fingerprint density at radius 3 is 2.45 bits per heavy atom. The number of aliphatic carboxylic acids is 1. The normalized spacial score (nSPS) is 12.7. The van der Waals surface area contributed by atoms with Crippen LogP contribution >= 0.6 is 0 Å². The topological polar surface area (TPSA) is 149 Å². The van der Waals surface area contributed by atoms with E-state index in [-0.39, 0.29) is 30.3 Å². The number of aromatic nitrogens is 4. The zero-order valence-corrected chi connectivity index (χ0v) is 17.8. The first-order chi connectivity index (χ1) is 15.8. The van der Waals surface area contributed by atoms with Crippen molar-refractivity contribution in [3.63, 3.8) is 0 Å². The molecule has 0 saturated heterocycles. The average molecular weight is 459 g/mol. The van der Waals surface area contributed by atoms with Gasteiger partial charge in [-0.25, -0.2) is 9.07 Å². The summed E-state index contributed by atoms with van der Waals surface area (Å²) in [5.41, 5.74) is 0.972. The molecule has 0 saturated carbocycles. The minimum atomic E-state index is -1.10. The molecule has 0 aliphatic rings. The van der Waals surface area contributed by atoms with Crippen molar-refractivity contribution in [1.29, 1.82) is 0 Å². The molecule has 0 radical (unpaired) electrons. The van der Waals surface area contributed by atoms with E-state index in [1.807, 2.05) is 0 Å². The van der Waals surface area contributed by atoms with E-state index in [2.05, 4.69) is 25.6 Å². The summed E-state index contributed by atoms with van der Waals surface area (Å²) in [6.45, 7) is -0.292. The number of nitrogens with one attached hydrogen (secondary N) is 1. The molecular formula is C21H22FN5O6. The second-order valence-electron chi connectivity index (χ2n) is 7.00. The number of carboxylic acids is 1. The summed E-state index contributed by atoms with van der Waals surface area (Å²) >= 11 is 0. The molecule has 1 aromatic heterocycles. The SMILES string of the molecule is COC(=O)Cn1nnnc1C(NC(CC(=O)O)c1ccc(F)cc1)c1ccc(OC)c(O)c1. The first-order valence-corrected chi connectivity index (χ1v) is 9.75. The first kappa shape index (κ1) is 23.6. The van der Waals surface area contributed by atoms with Crippen molar-refractivity contribution in [3.8, 4) is 11.5 Å². The van der Waals surface area contributed by atoms with Gasteiger partial charge < -0.3 is 19.7 Å². The number of benzene rings is 2. The highest BCUT2D eigenvalue weighted by molar-refractivity contribution is 5.69. The van der Waals surface area contributed by atoms with Crippen LogP contribution in [-0.4, -0.2) is 56.6 Å². The molecule has 0 aliphatic heterocycles. The molecule has 11 nitrogen and oxygen atoms in total. The lowest BCUT2D eigenvalue weighted by molar-refractivity contribution is -0.141. The molecule has 1 heterocycles. The van der Waals surface area contributed by atoms with E-state index in [1.54, 1.807) is 6.07 Å². The third-order valence-corrected chi connectivity index (χ3v) is 4.88. The van der Waals surface area contributed by atoms with Crippen molar-refractivity contribution in [2.75, 3.05) is 14.2 Å². The lowest BCUT2D eigenvalue weighted by Crippen LogP contribution is -2.32. The number of rotatable bonds is 10. The minimum Gasteiger partial charge on any atom is -0.504 e. The second-order valence-corrected chi connectivity index (χ2v) is 7.00. The standard InChI is InChI=1S/C21H22FN5O6/c1-32-17-8-5-13(9-16(17)28)20(21-24-25-26-27(21)11-19(31)33-2)23-15(10-18(29)30)12-3-6-14(22)7-4-12/h3-9,15,20,23,28H,10-11H2,1-2H3,(H,29,30). The molecule has 3 N–H and O–H groups in total. The Bertz CT molecular complexity index is 1120. The fraction of sp³-hybridized carbons (Fsp3) is 0.286. The number of carbonyl (C=O) groups excluding carboxylic acids is 1. The lowest BCUT2D eigenvalue weighted by Gasteiger charge is -2.25. The molecule has 174 valence electrons. The molecule has 12 heteroatoms. The van der Waals surface area contributed by atoms with Crippen LogP contribution in [0.3, 0.4) is 0 Å². The van der Waals surface area contributed by atoms with Gasteiger partial charge in [-0.15, -0.1) is 5.10 Å². The number of phenolic OH excluding ortho intramolecular Hbond substituents is 1. The van der Waals surface area contributed by atoms with E-state index in [0.717, 1.165) is 0 Å². The zero-order chi connectivity index (χ0) is 24.0. The number of carboxylic acid groups (broad SMARTS) is 1. The number of nitrogens with zero attached hydrogens (tertiary/aromatic N) is 4. The number of ether oxygens (including phenoxy) is 2. The Hall–Kier alpha value is -4.06. The summed E-state index contributed by atoms with van der Waals surface area (Å²) in [7, 11) is 2.62. The molecule has 3 rings (SSSR count). The predicted molar refractivity (Wildman–Crippen MR) is 111 cm³/mol. The molecule has 0 bridgehead atoms. The van der Waals surface area contributed by atoms with Crippen molar-refractivity contribution in [3.05, 3.63) is 65.2 Å². The monoisotopic (exact) mass is 459 g/mol. The molecule has 0 aliphatic carbocycles. The maximum Gasteiger partial charge on any atom is 0.327 e. The number of phenols is 1. The van der Waals surface area contributed by atoms with Gasteiger partial charge in [0.25, 0.3) is 0 Å². The molecule has 0 fully saturated rings. The highest BCUT2D eigenvalue weighted by Crippen LogP contribution is 2.33. The van der Waals surface area contributed by atoms with Crippen molar-refractivity contribution in [2.45, 2.75) is 25.0 Å². The Morgan fingerprint density at radius 2 is 1.85 bits per heavy atom. The minimum absolute atomic E-state index is 0.162. The van der Waals surface area contributed by atoms with E-state index in [9.17, 15) is 24.2 Å². The number of tetrazole rings is 1. The van der Waals surface area contributed by atoms with Gasteiger partial charge in [0.05, 0.1) is 26.7 Å². The maximum absolute atomic E-state index is 13.4. The fourth-order valence-corrected chi connectivity index (χ4v) is 3.27. The van der Waals surface area contributed by atoms with Gasteiger partial charge in [0.1, 0.15) is 12.4 Å². The number of methoxy groups -OCH3 is 2. The number of aromatic hydroxyl groups is 1. The molecule has 33 heavy (non-hydrogen) atoms. The number of esters is 1. The van der Waals surface area contributed by atoms with E-state index in [1.165, 1.54) is 55.3 Å². The van der Waals surface area contributed by atoms with Gasteiger partial charge in [0, 0.05) is 6.04 Å². The van der Waals surface area contributed by atoms with Crippen LogP contribution in [0.25, 0.3) is 0 Å². The zero-order valence-electron chi connectivity index (χ0n) is 17.8. The Labute approximate surface area is 187 Å². The van der Waals surface area contributed by atoms with E-state index in [4.69, 9.17) is 4.74 Å². The largest absolute Gasteiger partial charge is 0.504 e. The molecule has 2 unspecified atom stereocenters. The first-order valence-electron chi connectivity index (χ1n) is 9.75. The summed E-state index contributed by atoms with van der Waals surface area (Å²) in [4.78, 5) is 23.4. The summed E-state index contributed by atoms with van der Waals surface area (Å²) in [6, 6.07) is 8.30. The van der Waals surface area contributed by atoms with Crippen LogP contribution in [0.2, 0.25) is 0 Å². The van der Waals surface area contributed by atoms with Gasteiger partial charge in [-0.1, -0.05) is 18.2 Å². The van der Waals surface area contributed by atoms with Crippen molar-refractivity contribution in [2.24, 2.45) is 0 Å². The summed E-state index contributed by atoms with van der Waals surface area (Å²) in [5.74, 6) is -1.92. The second kappa shape index (κ2) is 10.5. The maximum atomic E-state index is 13.4. The summed E-state index contributed by atoms with van der Waals surface area (Å²) in [6.07, 6.45) is -0.344. The molecule has 3 aromatic rings. The Balaban J connectivity index is 2.07. The van der Waals surface area contributed by atoms with Crippen LogP contribution in [0.1, 0.15) is 35.5 Å². The molecule has 2 atom stereocenters. The van der Waals surface area contributed by atoms with Gasteiger partial charge >= 0.3 is 11.9 Å². The Kier molecular flexibility index (Phi) is 7.51. The van der Waals surface area contributed by atoms with Gasteiger partial charge in [-0.2, -0.15) is 0 Å². The van der Waals surface area contributed by atoms with Crippen LogP contribution in [0.4, 0.5) is 4.39 Å². The lowest BCUT2D eigenvalue weighted by atomic mass is 9.99. The quantitative estimate of drug-likeness (QED) is 0.382. The molecule has 0 amide bonds. The number of carbonyl (C=O) groups is 2. The smallest absolute Gasteiger partial charge is 0.327 e.